The van der Waals surface area contributed by atoms with Gasteiger partial charge in [-0.3, -0.25) is 4.79 Å². The monoisotopic (exact) mass is 719 g/mol. The van der Waals surface area contributed by atoms with Crippen LogP contribution in [0.4, 0.5) is 9.59 Å². The van der Waals surface area contributed by atoms with Crippen LogP contribution < -0.4 is 16.0 Å². The van der Waals surface area contributed by atoms with Crippen molar-refractivity contribution in [1.82, 2.24) is 35.9 Å². The van der Waals surface area contributed by atoms with Gasteiger partial charge in [0.2, 0.25) is 5.91 Å². The third-order valence-corrected chi connectivity index (χ3v) is 9.01. The van der Waals surface area contributed by atoms with E-state index in [0.29, 0.717) is 31.7 Å². The average Bonchev–Trinajstić information content (AvgIpc) is 3.78. The van der Waals surface area contributed by atoms with Gasteiger partial charge in [-0.1, -0.05) is 79.7 Å². The minimum absolute atomic E-state index is 0.109. The Morgan fingerprint density at radius 2 is 1.57 bits per heavy atom. The summed E-state index contributed by atoms with van der Waals surface area (Å²) in [5.41, 5.74) is 2.63. The van der Waals surface area contributed by atoms with E-state index in [0.717, 1.165) is 21.8 Å². The van der Waals surface area contributed by atoms with Gasteiger partial charge < -0.3 is 40.1 Å². The van der Waals surface area contributed by atoms with Crippen molar-refractivity contribution in [2.24, 2.45) is 5.92 Å². The predicted molar refractivity (Wildman–Crippen MR) is 195 cm³/mol. The van der Waals surface area contributed by atoms with Crippen molar-refractivity contribution in [1.29, 1.82) is 0 Å². The molecule has 0 aliphatic heterocycles. The highest BCUT2D eigenvalue weighted by atomic mass is 32.1. The van der Waals surface area contributed by atoms with Gasteiger partial charge in [0.05, 0.1) is 30.6 Å². The number of rotatable bonds is 18. The highest BCUT2D eigenvalue weighted by molar-refractivity contribution is 7.09. The number of urea groups is 1. The van der Waals surface area contributed by atoms with E-state index < -0.39 is 36.4 Å². The normalized spacial score (nSPS) is 13.6. The summed E-state index contributed by atoms with van der Waals surface area (Å²) in [5, 5.41) is 27.0. The number of carbonyl (C=O) groups is 3. The minimum atomic E-state index is -1.08. The Hall–Kier alpha value is -4.79. The molecule has 4 N–H and O–H groups in total. The van der Waals surface area contributed by atoms with Crippen LogP contribution in [0.5, 0.6) is 0 Å². The fourth-order valence-corrected chi connectivity index (χ4v) is 6.40. The molecule has 4 atom stereocenters. The Balaban J connectivity index is 1.45. The largest absolute Gasteiger partial charge is 0.441 e. The minimum Gasteiger partial charge on any atom is -0.441 e. The van der Waals surface area contributed by atoms with Crippen molar-refractivity contribution in [2.75, 3.05) is 21.1 Å². The predicted octanol–water partition coefficient (Wildman–Crippen LogP) is 4.37. The number of nitrogens with zero attached hydrogens (tertiary/aromatic N) is 4. The van der Waals surface area contributed by atoms with Crippen molar-refractivity contribution in [3.8, 4) is 0 Å². The molecule has 14 heteroatoms. The second-order valence-electron chi connectivity index (χ2n) is 13.2. The number of amides is 4. The van der Waals surface area contributed by atoms with Crippen molar-refractivity contribution in [2.45, 2.75) is 77.0 Å². The van der Waals surface area contributed by atoms with Crippen LogP contribution >= 0.6 is 11.3 Å². The second-order valence-corrected chi connectivity index (χ2v) is 14.1. The van der Waals surface area contributed by atoms with Crippen LogP contribution in [0.2, 0.25) is 0 Å². The number of nitrogens with one attached hydrogen (secondary N) is 3. The lowest BCUT2D eigenvalue weighted by Gasteiger charge is -2.30. The van der Waals surface area contributed by atoms with Crippen LogP contribution in [-0.4, -0.2) is 88.5 Å². The van der Waals surface area contributed by atoms with Gasteiger partial charge in [0.15, 0.2) is 12.4 Å². The molecule has 51 heavy (non-hydrogen) atoms. The standard InChI is InChI=1S/C37H49N7O6S/c1-25(2)34(42-36(47)44(5)21-29-24-51-33(39-29)22-43(3)4)35(46)40-28(18-26-12-8-6-9-13-26)20-32(45)31(19-27-14-10-7-11-15-27)41-37(48)49-23-30-16-17-38-50-30/h6-17,24-25,28,31-32,34,45H,18-23H2,1-5H3,(H,40,46)(H,41,48)(H,42,47)/t28-,31-,32-,34-/m0/s1. The maximum Gasteiger partial charge on any atom is 0.407 e. The fourth-order valence-electron chi connectivity index (χ4n) is 5.49. The molecule has 274 valence electrons. The summed E-state index contributed by atoms with van der Waals surface area (Å²) in [6, 6.07) is 18.2. The van der Waals surface area contributed by atoms with Crippen molar-refractivity contribution >= 4 is 29.4 Å². The molecule has 0 radical (unpaired) electrons. The zero-order valence-electron chi connectivity index (χ0n) is 29.8. The van der Waals surface area contributed by atoms with Crippen LogP contribution in [-0.2, 0) is 42.1 Å². The van der Waals surface area contributed by atoms with E-state index >= 15 is 0 Å². The lowest BCUT2D eigenvalue weighted by atomic mass is 9.93. The van der Waals surface area contributed by atoms with Crippen LogP contribution in [0.3, 0.4) is 0 Å². The van der Waals surface area contributed by atoms with Gasteiger partial charge in [-0.15, -0.1) is 11.3 Å². The van der Waals surface area contributed by atoms with Gasteiger partial charge in [0.1, 0.15) is 11.0 Å². The molecular formula is C37H49N7O6S. The third-order valence-electron chi connectivity index (χ3n) is 8.13. The molecule has 0 fully saturated rings. The van der Waals surface area contributed by atoms with Crippen molar-refractivity contribution in [3.63, 3.8) is 0 Å². The Morgan fingerprint density at radius 3 is 2.18 bits per heavy atom. The Kier molecular flexibility index (Phi) is 15.0. The number of aromatic nitrogens is 2. The van der Waals surface area contributed by atoms with E-state index in [4.69, 9.17) is 9.26 Å². The van der Waals surface area contributed by atoms with Crippen molar-refractivity contribution < 1.29 is 28.8 Å². The van der Waals surface area contributed by atoms with Crippen LogP contribution in [0.15, 0.2) is 82.8 Å². The van der Waals surface area contributed by atoms with Crippen LogP contribution in [0, 0.1) is 5.92 Å². The zero-order chi connectivity index (χ0) is 36.8. The molecule has 2 heterocycles. The molecule has 4 amide bonds. The first-order chi connectivity index (χ1) is 24.5. The first-order valence-electron chi connectivity index (χ1n) is 17.0. The van der Waals surface area contributed by atoms with Gasteiger partial charge in [-0.2, -0.15) is 0 Å². The maximum atomic E-state index is 13.9. The van der Waals surface area contributed by atoms with Gasteiger partial charge in [0, 0.05) is 31.1 Å². The quantitative estimate of drug-likeness (QED) is 0.117. The number of aliphatic hydroxyl groups is 1. The molecule has 13 nitrogen and oxygen atoms in total. The molecular weight excluding hydrogens is 671 g/mol. The third kappa shape index (κ3) is 13.1. The summed E-state index contributed by atoms with van der Waals surface area (Å²) in [6.45, 7) is 4.62. The average molecular weight is 720 g/mol. The van der Waals surface area contributed by atoms with E-state index in [1.807, 2.05) is 98.9 Å². The summed E-state index contributed by atoms with van der Waals surface area (Å²) < 4.78 is 10.3. The molecule has 0 saturated heterocycles. The Labute approximate surface area is 303 Å². The van der Waals surface area contributed by atoms with Crippen LogP contribution in [0.1, 0.15) is 47.9 Å². The summed E-state index contributed by atoms with van der Waals surface area (Å²) in [4.78, 5) is 48.2. The lowest BCUT2D eigenvalue weighted by Crippen LogP contribution is -2.55. The highest BCUT2D eigenvalue weighted by Gasteiger charge is 2.31. The number of aliphatic hydroxyl groups excluding tert-OH is 1. The fraction of sp³-hybridized carbons (Fsp3) is 0.432. The highest BCUT2D eigenvalue weighted by Crippen LogP contribution is 2.17. The molecule has 0 unspecified atom stereocenters. The van der Waals surface area contributed by atoms with Gasteiger partial charge in [-0.05, 0) is 50.4 Å². The van der Waals surface area contributed by atoms with Gasteiger partial charge >= 0.3 is 12.1 Å². The van der Waals surface area contributed by atoms with Crippen LogP contribution in [0.25, 0.3) is 0 Å². The number of hydrogen-bond acceptors (Lipinski definition) is 10. The Bertz CT molecular complexity index is 1640. The summed E-state index contributed by atoms with van der Waals surface area (Å²) in [5.74, 6) is -0.228. The molecule has 2 aromatic heterocycles. The first-order valence-corrected chi connectivity index (χ1v) is 17.8. The van der Waals surface area contributed by atoms with E-state index in [2.05, 4.69) is 26.1 Å². The van der Waals surface area contributed by atoms with Gasteiger partial charge in [-0.25, -0.2) is 14.6 Å². The number of hydrogen-bond donors (Lipinski definition) is 4. The van der Waals surface area contributed by atoms with Crippen molar-refractivity contribution in [3.05, 3.63) is 106 Å². The number of thiazole rings is 1. The van der Waals surface area contributed by atoms with E-state index in [1.54, 1.807) is 24.5 Å². The molecule has 0 aliphatic rings. The summed E-state index contributed by atoms with van der Waals surface area (Å²) in [7, 11) is 5.62. The number of ether oxygens (including phenoxy) is 1. The smallest absolute Gasteiger partial charge is 0.407 e. The zero-order valence-corrected chi connectivity index (χ0v) is 30.6. The SMILES string of the molecule is CC(C)[C@H](NC(=O)N(C)Cc1csc(CN(C)C)n1)C(=O)N[C@@H](Cc1ccccc1)C[C@H](O)[C@H](Cc1ccccc1)NC(=O)OCc1ccno1. The second kappa shape index (κ2) is 19.6. The van der Waals surface area contributed by atoms with E-state index in [1.165, 1.54) is 11.1 Å². The summed E-state index contributed by atoms with van der Waals surface area (Å²) in [6.07, 6.45) is 0.489. The molecule has 0 bridgehead atoms. The first kappa shape index (κ1) is 39.0. The molecule has 0 aliphatic carbocycles. The molecule has 0 spiro atoms. The lowest BCUT2D eigenvalue weighted by molar-refractivity contribution is -0.124. The van der Waals surface area contributed by atoms with E-state index in [9.17, 15) is 19.5 Å². The van der Waals surface area contributed by atoms with E-state index in [-0.39, 0.29) is 24.9 Å². The molecule has 0 saturated carbocycles. The summed E-state index contributed by atoms with van der Waals surface area (Å²) >= 11 is 1.54. The Morgan fingerprint density at radius 1 is 0.902 bits per heavy atom. The maximum absolute atomic E-state index is 13.9. The number of benzene rings is 2. The molecule has 2 aromatic carbocycles. The number of alkyl carbamates (subject to hydrolysis) is 1. The molecule has 4 rings (SSSR count). The van der Waals surface area contributed by atoms with Gasteiger partial charge in [0.25, 0.3) is 0 Å². The number of carbonyl (C=O) groups excluding carboxylic acids is 3. The molecule has 4 aromatic rings. The topological polar surface area (TPSA) is 162 Å².